The van der Waals surface area contributed by atoms with Crippen LogP contribution in [0.25, 0.3) is 5.00 Å². The molecule has 33 heavy (non-hydrogen) atoms. The van der Waals surface area contributed by atoms with Crippen molar-refractivity contribution in [2.24, 2.45) is 0 Å². The lowest BCUT2D eigenvalue weighted by Gasteiger charge is -2.31. The summed E-state index contributed by atoms with van der Waals surface area (Å²) < 4.78 is 21.9. The van der Waals surface area contributed by atoms with Gasteiger partial charge in [-0.05, 0) is 74.4 Å². The molecule has 1 unspecified atom stereocenters. The van der Waals surface area contributed by atoms with Crippen molar-refractivity contribution in [1.82, 2.24) is 14.8 Å². The van der Waals surface area contributed by atoms with Gasteiger partial charge in [-0.1, -0.05) is 12.1 Å². The van der Waals surface area contributed by atoms with Crippen LogP contribution in [0.3, 0.4) is 0 Å². The van der Waals surface area contributed by atoms with Crippen LogP contribution in [0.2, 0.25) is 0 Å². The summed E-state index contributed by atoms with van der Waals surface area (Å²) in [5, 5.41) is 4.29. The molecular weight excluding hydrogens is 437 g/mol. The molecule has 1 aliphatic heterocycles. The van der Waals surface area contributed by atoms with E-state index < -0.39 is 0 Å². The van der Waals surface area contributed by atoms with Crippen molar-refractivity contribution in [2.45, 2.75) is 51.6 Å². The van der Waals surface area contributed by atoms with Crippen molar-refractivity contribution < 1.29 is 13.9 Å². The van der Waals surface area contributed by atoms with Gasteiger partial charge >= 0.3 is 6.03 Å². The largest absolute Gasteiger partial charge is 0.382 e. The third-order valence-corrected chi connectivity index (χ3v) is 7.88. The number of ether oxygens (including phenoxy) is 1. The molecule has 2 aliphatic rings. The quantitative estimate of drug-likeness (QED) is 0.480. The van der Waals surface area contributed by atoms with Gasteiger partial charge < -0.3 is 19.5 Å². The number of nitrogens with one attached hydrogen (secondary N) is 1. The van der Waals surface area contributed by atoms with Gasteiger partial charge in [0.15, 0.2) is 0 Å². The van der Waals surface area contributed by atoms with Crippen LogP contribution >= 0.6 is 11.3 Å². The normalized spacial score (nSPS) is 17.2. The smallest absolute Gasteiger partial charge is 0.318 e. The van der Waals surface area contributed by atoms with Gasteiger partial charge in [-0.2, -0.15) is 0 Å². The van der Waals surface area contributed by atoms with Crippen LogP contribution in [0.5, 0.6) is 0 Å². The average molecular weight is 468 g/mol. The van der Waals surface area contributed by atoms with Crippen molar-refractivity contribution in [3.63, 3.8) is 0 Å². The summed E-state index contributed by atoms with van der Waals surface area (Å²) in [4.78, 5) is 16.9. The Labute approximate surface area is 198 Å². The maximum atomic E-state index is 14.3. The molecule has 174 valence electrons. The molecule has 2 aromatic heterocycles. The van der Waals surface area contributed by atoms with Crippen LogP contribution in [0.15, 0.2) is 42.6 Å². The van der Waals surface area contributed by atoms with Crippen LogP contribution in [0.1, 0.15) is 59.5 Å². The third kappa shape index (κ3) is 4.32. The first-order valence-corrected chi connectivity index (χ1v) is 12.7. The number of nitrogens with zero attached hydrogens (tertiary/aromatic N) is 2. The highest BCUT2D eigenvalue weighted by molar-refractivity contribution is 7.15. The van der Waals surface area contributed by atoms with Gasteiger partial charge in [-0.3, -0.25) is 0 Å². The Balaban J connectivity index is 1.55. The Morgan fingerprint density at radius 1 is 1.21 bits per heavy atom. The number of urea groups is 1. The summed E-state index contributed by atoms with van der Waals surface area (Å²) in [6.45, 7) is 4.32. The molecule has 7 heteroatoms. The Morgan fingerprint density at radius 2 is 2.09 bits per heavy atom. The summed E-state index contributed by atoms with van der Waals surface area (Å²) in [5.74, 6) is -0.293. The molecule has 3 heterocycles. The molecule has 0 bridgehead atoms. The highest BCUT2D eigenvalue weighted by Crippen LogP contribution is 2.44. The number of aryl methyl sites for hydroxylation is 1. The van der Waals surface area contributed by atoms with Gasteiger partial charge in [0.2, 0.25) is 0 Å². The van der Waals surface area contributed by atoms with Gasteiger partial charge in [0, 0.05) is 36.4 Å². The Morgan fingerprint density at radius 3 is 2.94 bits per heavy atom. The summed E-state index contributed by atoms with van der Waals surface area (Å²) in [7, 11) is 0. The van der Waals surface area contributed by atoms with E-state index in [9.17, 15) is 9.18 Å². The number of halogens is 1. The lowest BCUT2D eigenvalue weighted by molar-refractivity contribution is 0.143. The number of aromatic nitrogens is 1. The molecule has 1 aliphatic carbocycles. The van der Waals surface area contributed by atoms with E-state index in [0.717, 1.165) is 30.5 Å². The van der Waals surface area contributed by atoms with E-state index in [2.05, 4.69) is 22.1 Å². The molecule has 0 saturated heterocycles. The van der Waals surface area contributed by atoms with Crippen LogP contribution in [-0.4, -0.2) is 35.3 Å². The van der Waals surface area contributed by atoms with Gasteiger partial charge in [-0.25, -0.2) is 9.18 Å². The second kappa shape index (κ2) is 9.69. The highest BCUT2D eigenvalue weighted by Gasteiger charge is 2.36. The topological polar surface area (TPSA) is 46.5 Å². The van der Waals surface area contributed by atoms with E-state index in [1.54, 1.807) is 12.1 Å². The molecule has 0 fully saturated rings. The first-order valence-electron chi connectivity index (χ1n) is 11.9. The maximum Gasteiger partial charge on any atom is 0.318 e. The lowest BCUT2D eigenvalue weighted by Crippen LogP contribution is -2.42. The molecule has 0 radical (unpaired) electrons. The zero-order valence-corrected chi connectivity index (χ0v) is 19.8. The van der Waals surface area contributed by atoms with Crippen molar-refractivity contribution >= 4 is 17.4 Å². The van der Waals surface area contributed by atoms with E-state index in [1.807, 2.05) is 35.3 Å². The van der Waals surface area contributed by atoms with Gasteiger partial charge in [0.05, 0.1) is 18.3 Å². The Bertz CT molecular complexity index is 1140. The monoisotopic (exact) mass is 467 g/mol. The summed E-state index contributed by atoms with van der Waals surface area (Å²) in [5.41, 5.74) is 4.43. The van der Waals surface area contributed by atoms with Crippen LogP contribution in [0.4, 0.5) is 9.18 Å². The fraction of sp³-hybridized carbons (Fsp3) is 0.423. The number of amides is 2. The van der Waals surface area contributed by atoms with E-state index >= 15 is 0 Å². The minimum absolute atomic E-state index is 0.128. The predicted octanol–water partition coefficient (Wildman–Crippen LogP) is 5.60. The molecule has 0 spiro atoms. The van der Waals surface area contributed by atoms with Crippen molar-refractivity contribution in [1.29, 1.82) is 0 Å². The molecule has 1 aromatic carbocycles. The van der Waals surface area contributed by atoms with Crippen LogP contribution < -0.4 is 5.32 Å². The average Bonchev–Trinajstić information content (AvgIpc) is 3.40. The van der Waals surface area contributed by atoms with Crippen molar-refractivity contribution in [2.75, 3.05) is 19.8 Å². The number of hydrogen-bond acceptors (Lipinski definition) is 3. The first-order chi connectivity index (χ1) is 16.2. The Kier molecular flexibility index (Phi) is 6.51. The zero-order chi connectivity index (χ0) is 22.8. The fourth-order valence-corrected chi connectivity index (χ4v) is 6.43. The number of carbonyl (C=O) groups is 1. The lowest BCUT2D eigenvalue weighted by atomic mass is 9.95. The van der Waals surface area contributed by atoms with Gasteiger partial charge in [0.1, 0.15) is 10.8 Å². The van der Waals surface area contributed by atoms with Gasteiger partial charge in [0.25, 0.3) is 0 Å². The number of carbonyl (C=O) groups excluding carboxylic acids is 1. The second-order valence-corrected chi connectivity index (χ2v) is 9.75. The number of hydrogen-bond donors (Lipinski definition) is 1. The predicted molar refractivity (Wildman–Crippen MR) is 129 cm³/mol. The summed E-state index contributed by atoms with van der Waals surface area (Å²) in [6, 6.07) is 10.2. The molecular formula is C26H30FN3O2S. The van der Waals surface area contributed by atoms with E-state index in [0.29, 0.717) is 26.3 Å². The van der Waals surface area contributed by atoms with E-state index in [1.165, 1.54) is 39.9 Å². The number of benzene rings is 1. The maximum absolute atomic E-state index is 14.3. The van der Waals surface area contributed by atoms with E-state index in [-0.39, 0.29) is 17.9 Å². The molecule has 5 nitrogen and oxygen atoms in total. The first kappa shape index (κ1) is 22.2. The molecule has 1 atom stereocenters. The molecule has 3 aromatic rings. The second-order valence-electron chi connectivity index (χ2n) is 8.67. The summed E-state index contributed by atoms with van der Waals surface area (Å²) in [6.07, 6.45) is 7.42. The van der Waals surface area contributed by atoms with Crippen molar-refractivity contribution in [3.05, 3.63) is 75.7 Å². The number of rotatable bonds is 6. The molecule has 5 rings (SSSR count). The molecule has 2 amide bonds. The molecule has 1 N–H and O–H groups in total. The highest BCUT2D eigenvalue weighted by atomic mass is 32.1. The fourth-order valence-electron chi connectivity index (χ4n) is 5.03. The van der Waals surface area contributed by atoms with E-state index in [4.69, 9.17) is 4.74 Å². The molecule has 0 saturated carbocycles. The minimum atomic E-state index is -0.374. The number of thiophene rings is 1. The third-order valence-electron chi connectivity index (χ3n) is 6.55. The zero-order valence-electron chi connectivity index (χ0n) is 19.0. The minimum Gasteiger partial charge on any atom is -0.382 e. The summed E-state index contributed by atoms with van der Waals surface area (Å²) >= 11 is 1.85. The van der Waals surface area contributed by atoms with Gasteiger partial charge in [-0.15, -0.1) is 11.3 Å². The SMILES string of the molecule is CCOCCCNC(=O)N1Cc2c(sc3c2CCCC3)-n2cccc2C1c1cccc(F)c1. The van der Waals surface area contributed by atoms with Crippen LogP contribution in [0, 0.1) is 5.82 Å². The standard InChI is InChI=1S/C26H30FN3O2S/c1-2-32-15-7-13-28-26(31)30-17-21-20-10-3-4-12-23(20)33-25(21)29-14-6-11-22(29)24(30)18-8-5-9-19(27)16-18/h5-6,8-9,11,14,16,24H,2-4,7,10,12-13,15,17H2,1H3,(H,28,31). The van der Waals surface area contributed by atoms with Crippen molar-refractivity contribution in [3.8, 4) is 5.00 Å². The van der Waals surface area contributed by atoms with Crippen LogP contribution in [-0.2, 0) is 24.1 Å². The Hall–Kier alpha value is -2.64. The number of fused-ring (bicyclic) bond motifs is 5.